The second-order valence-electron chi connectivity index (χ2n) is 5.15. The summed E-state index contributed by atoms with van der Waals surface area (Å²) in [5.74, 6) is 0.122. The number of ether oxygens (including phenoxy) is 1. The molecule has 0 heterocycles. The summed E-state index contributed by atoms with van der Waals surface area (Å²) in [5, 5.41) is 13.8. The SMILES string of the molecule is COc1cc(C(=O)NC2CCCC2CN)ccc1[N+](=O)[O-]. The van der Waals surface area contributed by atoms with Crippen LogP contribution in [0.25, 0.3) is 0 Å². The number of nitrogens with two attached hydrogens (primary N) is 1. The lowest BCUT2D eigenvalue weighted by Gasteiger charge is -2.19. The van der Waals surface area contributed by atoms with Crippen molar-refractivity contribution in [1.82, 2.24) is 5.32 Å². The molecule has 3 N–H and O–H groups in total. The zero-order chi connectivity index (χ0) is 15.4. The predicted octanol–water partition coefficient (Wildman–Crippen LogP) is 1.46. The molecule has 2 atom stereocenters. The molecule has 7 nitrogen and oxygen atoms in total. The van der Waals surface area contributed by atoms with Crippen molar-refractivity contribution in [3.05, 3.63) is 33.9 Å². The summed E-state index contributed by atoms with van der Waals surface area (Å²) in [6, 6.07) is 4.18. The molecule has 1 amide bonds. The van der Waals surface area contributed by atoms with Crippen molar-refractivity contribution in [2.75, 3.05) is 13.7 Å². The highest BCUT2D eigenvalue weighted by Gasteiger charge is 2.28. The molecule has 1 fully saturated rings. The molecular formula is C14H19N3O4. The van der Waals surface area contributed by atoms with E-state index in [0.717, 1.165) is 19.3 Å². The van der Waals surface area contributed by atoms with E-state index in [1.165, 1.54) is 25.3 Å². The second-order valence-corrected chi connectivity index (χ2v) is 5.15. The van der Waals surface area contributed by atoms with Crippen LogP contribution in [-0.4, -0.2) is 30.5 Å². The van der Waals surface area contributed by atoms with Crippen LogP contribution in [-0.2, 0) is 0 Å². The maximum atomic E-state index is 12.2. The van der Waals surface area contributed by atoms with Gasteiger partial charge in [0, 0.05) is 23.7 Å². The Morgan fingerprint density at radius 3 is 2.90 bits per heavy atom. The average Bonchev–Trinajstić information content (AvgIpc) is 2.93. The van der Waals surface area contributed by atoms with Crippen LogP contribution in [0.2, 0.25) is 0 Å². The van der Waals surface area contributed by atoms with E-state index in [4.69, 9.17) is 10.5 Å². The largest absolute Gasteiger partial charge is 0.490 e. The smallest absolute Gasteiger partial charge is 0.310 e. The minimum atomic E-state index is -0.540. The standard InChI is InChI=1S/C14H19N3O4/c1-21-13-7-9(5-6-12(13)17(19)20)14(18)16-11-4-2-3-10(11)8-15/h5-7,10-11H,2-4,8,15H2,1H3,(H,16,18). The van der Waals surface area contributed by atoms with Crippen molar-refractivity contribution in [3.8, 4) is 5.75 Å². The van der Waals surface area contributed by atoms with Crippen LogP contribution in [0.4, 0.5) is 5.69 Å². The van der Waals surface area contributed by atoms with Gasteiger partial charge in [-0.05, 0) is 31.4 Å². The predicted molar refractivity (Wildman–Crippen MR) is 77.3 cm³/mol. The number of carbonyl (C=O) groups is 1. The Morgan fingerprint density at radius 1 is 1.52 bits per heavy atom. The fraction of sp³-hybridized carbons (Fsp3) is 0.500. The van der Waals surface area contributed by atoms with Gasteiger partial charge in [-0.25, -0.2) is 0 Å². The van der Waals surface area contributed by atoms with E-state index in [0.29, 0.717) is 18.0 Å². The van der Waals surface area contributed by atoms with E-state index in [-0.39, 0.29) is 23.4 Å². The average molecular weight is 293 g/mol. The summed E-state index contributed by atoms with van der Waals surface area (Å²) in [7, 11) is 1.34. The lowest BCUT2D eigenvalue weighted by Crippen LogP contribution is -2.39. The lowest BCUT2D eigenvalue weighted by molar-refractivity contribution is -0.385. The number of hydrogen-bond donors (Lipinski definition) is 2. The maximum absolute atomic E-state index is 12.2. The van der Waals surface area contributed by atoms with E-state index < -0.39 is 4.92 Å². The molecule has 0 bridgehead atoms. The number of amides is 1. The van der Waals surface area contributed by atoms with Gasteiger partial charge in [-0.2, -0.15) is 0 Å². The first-order valence-electron chi connectivity index (χ1n) is 6.90. The highest BCUT2D eigenvalue weighted by atomic mass is 16.6. The van der Waals surface area contributed by atoms with Crippen molar-refractivity contribution in [1.29, 1.82) is 0 Å². The number of nitrogens with zero attached hydrogens (tertiary/aromatic N) is 1. The van der Waals surface area contributed by atoms with E-state index in [2.05, 4.69) is 5.32 Å². The number of rotatable bonds is 5. The van der Waals surface area contributed by atoms with Gasteiger partial charge in [-0.1, -0.05) is 6.42 Å². The minimum Gasteiger partial charge on any atom is -0.490 e. The van der Waals surface area contributed by atoms with Crippen LogP contribution < -0.4 is 15.8 Å². The summed E-state index contributed by atoms with van der Waals surface area (Å²) in [5.41, 5.74) is 5.88. The monoisotopic (exact) mass is 293 g/mol. The zero-order valence-electron chi connectivity index (χ0n) is 11.9. The number of nitrogens with one attached hydrogen (secondary N) is 1. The lowest BCUT2D eigenvalue weighted by atomic mass is 10.0. The van der Waals surface area contributed by atoms with Crippen LogP contribution in [0.5, 0.6) is 5.75 Å². The fourth-order valence-electron chi connectivity index (χ4n) is 2.73. The van der Waals surface area contributed by atoms with Crippen LogP contribution in [0.1, 0.15) is 29.6 Å². The van der Waals surface area contributed by atoms with E-state index in [9.17, 15) is 14.9 Å². The first-order valence-corrected chi connectivity index (χ1v) is 6.90. The van der Waals surface area contributed by atoms with Crippen molar-refractivity contribution < 1.29 is 14.5 Å². The topological polar surface area (TPSA) is 107 Å². The third-order valence-electron chi connectivity index (χ3n) is 3.92. The molecule has 0 saturated heterocycles. The van der Waals surface area contributed by atoms with Gasteiger partial charge in [0.1, 0.15) is 0 Å². The fourth-order valence-corrected chi connectivity index (χ4v) is 2.73. The van der Waals surface area contributed by atoms with Crippen molar-refractivity contribution in [2.24, 2.45) is 11.7 Å². The number of methoxy groups -OCH3 is 1. The number of nitro groups is 1. The molecule has 114 valence electrons. The molecule has 21 heavy (non-hydrogen) atoms. The van der Waals surface area contributed by atoms with E-state index >= 15 is 0 Å². The summed E-state index contributed by atoms with van der Waals surface area (Å²) < 4.78 is 4.97. The molecule has 1 aliphatic rings. The molecule has 1 saturated carbocycles. The molecule has 1 aromatic rings. The maximum Gasteiger partial charge on any atom is 0.310 e. The number of carbonyl (C=O) groups excluding carboxylic acids is 1. The molecule has 2 unspecified atom stereocenters. The third-order valence-corrected chi connectivity index (χ3v) is 3.92. The highest BCUT2D eigenvalue weighted by Crippen LogP contribution is 2.28. The zero-order valence-corrected chi connectivity index (χ0v) is 11.9. The highest BCUT2D eigenvalue weighted by molar-refractivity contribution is 5.95. The van der Waals surface area contributed by atoms with Gasteiger partial charge in [0.2, 0.25) is 0 Å². The van der Waals surface area contributed by atoms with Gasteiger partial charge in [-0.3, -0.25) is 14.9 Å². The van der Waals surface area contributed by atoms with Crippen molar-refractivity contribution >= 4 is 11.6 Å². The molecule has 0 aromatic heterocycles. The van der Waals surface area contributed by atoms with Crippen molar-refractivity contribution in [2.45, 2.75) is 25.3 Å². The number of hydrogen-bond acceptors (Lipinski definition) is 5. The first-order chi connectivity index (χ1) is 10.1. The van der Waals surface area contributed by atoms with Gasteiger partial charge in [0.25, 0.3) is 5.91 Å². The quantitative estimate of drug-likeness (QED) is 0.631. The van der Waals surface area contributed by atoms with Gasteiger partial charge < -0.3 is 15.8 Å². The van der Waals surface area contributed by atoms with Gasteiger partial charge in [0.05, 0.1) is 12.0 Å². The van der Waals surface area contributed by atoms with Crippen LogP contribution in [0, 0.1) is 16.0 Å². The molecule has 0 spiro atoms. The number of benzene rings is 1. The Kier molecular flexibility index (Phi) is 4.74. The Labute approximate surface area is 122 Å². The van der Waals surface area contributed by atoms with E-state index in [1.807, 2.05) is 0 Å². The minimum absolute atomic E-state index is 0.0729. The number of nitro benzene ring substituents is 1. The summed E-state index contributed by atoms with van der Waals surface area (Å²) in [4.78, 5) is 22.5. The summed E-state index contributed by atoms with van der Waals surface area (Å²) >= 11 is 0. The molecule has 2 rings (SSSR count). The summed E-state index contributed by atoms with van der Waals surface area (Å²) in [6.45, 7) is 0.550. The van der Waals surface area contributed by atoms with Crippen LogP contribution >= 0.6 is 0 Å². The molecule has 0 aliphatic heterocycles. The molecule has 1 aromatic carbocycles. The van der Waals surface area contributed by atoms with Gasteiger partial charge in [0.15, 0.2) is 5.75 Å². The third kappa shape index (κ3) is 3.30. The van der Waals surface area contributed by atoms with Gasteiger partial charge >= 0.3 is 5.69 Å². The van der Waals surface area contributed by atoms with Crippen LogP contribution in [0.15, 0.2) is 18.2 Å². The second kappa shape index (κ2) is 6.53. The Hall–Kier alpha value is -2.15. The molecule has 7 heteroatoms. The summed E-state index contributed by atoms with van der Waals surface area (Å²) in [6.07, 6.45) is 2.99. The normalized spacial score (nSPS) is 21.0. The van der Waals surface area contributed by atoms with Crippen molar-refractivity contribution in [3.63, 3.8) is 0 Å². The Bertz CT molecular complexity index is 547. The Balaban J connectivity index is 2.14. The first kappa shape index (κ1) is 15.2. The Morgan fingerprint density at radius 2 is 2.29 bits per heavy atom. The molecule has 1 aliphatic carbocycles. The van der Waals surface area contributed by atoms with Crippen LogP contribution in [0.3, 0.4) is 0 Å². The van der Waals surface area contributed by atoms with E-state index in [1.54, 1.807) is 0 Å². The molecular weight excluding hydrogens is 274 g/mol. The molecule has 0 radical (unpaired) electrons. The van der Waals surface area contributed by atoms with Gasteiger partial charge in [-0.15, -0.1) is 0 Å².